The molecule has 0 saturated carbocycles. The van der Waals surface area contributed by atoms with Crippen molar-refractivity contribution in [2.45, 2.75) is 42.6 Å². The molecule has 0 fully saturated rings. The second-order valence-electron chi connectivity index (χ2n) is 9.78. The standard InChI is InChI=1S/C28H23F5N4O5S/c1-28(33,27(31)32)23-6-4-17(26(37-23)41-2)20-5-3-14-10-34-16(9-21(14)36-20)11-35-25(38)15-7-19(29)18-12-42-13-24(30)43(39,40)22(18)8-15/h3-10,24,27H,11-13H2,1-2H3,(H,35,38)/t24-,28+/m1/s1. The number of alkyl halides is 4. The first-order valence-electron chi connectivity index (χ1n) is 12.7. The Morgan fingerprint density at radius 1 is 1.19 bits per heavy atom. The average molecular weight is 623 g/mol. The minimum Gasteiger partial charge on any atom is -0.480 e. The van der Waals surface area contributed by atoms with E-state index in [2.05, 4.69) is 20.3 Å². The van der Waals surface area contributed by atoms with Gasteiger partial charge >= 0.3 is 0 Å². The molecule has 43 heavy (non-hydrogen) atoms. The number of sulfone groups is 1. The zero-order valence-corrected chi connectivity index (χ0v) is 23.4. The highest BCUT2D eigenvalue weighted by atomic mass is 32.2. The summed E-state index contributed by atoms with van der Waals surface area (Å²) in [5, 5.41) is 3.13. The van der Waals surface area contributed by atoms with Crippen molar-refractivity contribution in [1.29, 1.82) is 0 Å². The van der Waals surface area contributed by atoms with Crippen molar-refractivity contribution in [3.8, 4) is 17.1 Å². The number of nitrogens with one attached hydrogen (secondary N) is 1. The number of carbonyl (C=O) groups is 1. The van der Waals surface area contributed by atoms with Crippen LogP contribution in [0.4, 0.5) is 22.0 Å². The number of aromatic nitrogens is 3. The normalized spacial score (nSPS) is 17.6. The highest BCUT2D eigenvalue weighted by molar-refractivity contribution is 7.92. The summed E-state index contributed by atoms with van der Waals surface area (Å²) in [6, 6.07) is 9.09. The van der Waals surface area contributed by atoms with E-state index in [0.717, 1.165) is 25.1 Å². The quantitative estimate of drug-likeness (QED) is 0.292. The van der Waals surface area contributed by atoms with Gasteiger partial charge in [0.05, 0.1) is 59.9 Å². The first-order valence-corrected chi connectivity index (χ1v) is 14.2. The minimum atomic E-state index is -4.57. The van der Waals surface area contributed by atoms with Gasteiger partial charge in [-0.05, 0) is 49.4 Å². The Morgan fingerprint density at radius 2 is 1.95 bits per heavy atom. The zero-order chi connectivity index (χ0) is 31.1. The Hall–Kier alpha value is -4.24. The van der Waals surface area contributed by atoms with Crippen molar-refractivity contribution < 1.29 is 44.6 Å². The summed E-state index contributed by atoms with van der Waals surface area (Å²) < 4.78 is 105. The number of amides is 1. The fourth-order valence-corrected chi connectivity index (χ4v) is 5.71. The molecule has 15 heteroatoms. The van der Waals surface area contributed by atoms with Crippen LogP contribution in [0, 0.1) is 5.82 Å². The van der Waals surface area contributed by atoms with Crippen LogP contribution in [0.25, 0.3) is 22.2 Å². The summed E-state index contributed by atoms with van der Waals surface area (Å²) in [5.74, 6) is -1.97. The maximum Gasteiger partial charge on any atom is 0.277 e. The fraction of sp³-hybridized carbons (Fsp3) is 0.286. The number of carbonyl (C=O) groups excluding carboxylic acids is 1. The number of hydrogen-bond donors (Lipinski definition) is 1. The Kier molecular flexibility index (Phi) is 8.05. The summed E-state index contributed by atoms with van der Waals surface area (Å²) in [5.41, 5.74) is -5.20. The number of ether oxygens (including phenoxy) is 2. The van der Waals surface area contributed by atoms with Crippen molar-refractivity contribution in [3.05, 3.63) is 77.0 Å². The summed E-state index contributed by atoms with van der Waals surface area (Å²) in [6.45, 7) is -0.662. The maximum atomic E-state index is 14.7. The molecule has 0 radical (unpaired) electrons. The van der Waals surface area contributed by atoms with E-state index in [0.29, 0.717) is 27.9 Å². The van der Waals surface area contributed by atoms with E-state index in [1.54, 1.807) is 18.2 Å². The number of rotatable bonds is 7. The predicted molar refractivity (Wildman–Crippen MR) is 143 cm³/mol. The van der Waals surface area contributed by atoms with Crippen LogP contribution in [0.1, 0.15) is 34.2 Å². The Bertz CT molecular complexity index is 1840. The van der Waals surface area contributed by atoms with Crippen LogP contribution >= 0.6 is 0 Å². The molecule has 3 aromatic heterocycles. The molecule has 1 aliphatic rings. The van der Waals surface area contributed by atoms with E-state index in [1.165, 1.54) is 19.4 Å². The number of methoxy groups -OCH3 is 1. The van der Waals surface area contributed by atoms with Gasteiger partial charge in [-0.2, -0.15) is 0 Å². The molecular formula is C28H23F5N4O5S. The molecule has 0 bridgehead atoms. The highest BCUT2D eigenvalue weighted by Crippen LogP contribution is 2.36. The minimum absolute atomic E-state index is 0.115. The average Bonchev–Trinajstić information content (AvgIpc) is 3.10. The van der Waals surface area contributed by atoms with Crippen LogP contribution in [0.3, 0.4) is 0 Å². The van der Waals surface area contributed by atoms with Crippen molar-refractivity contribution in [1.82, 2.24) is 20.3 Å². The molecule has 1 aliphatic heterocycles. The van der Waals surface area contributed by atoms with Crippen molar-refractivity contribution in [2.24, 2.45) is 0 Å². The molecule has 4 heterocycles. The molecule has 0 aliphatic carbocycles. The number of nitrogens with zero attached hydrogens (tertiary/aromatic N) is 3. The van der Waals surface area contributed by atoms with Gasteiger partial charge in [0.15, 0.2) is 0 Å². The van der Waals surface area contributed by atoms with Gasteiger partial charge in [-0.15, -0.1) is 0 Å². The first kappa shape index (κ1) is 30.2. The number of halogens is 5. The zero-order valence-electron chi connectivity index (χ0n) is 22.6. The lowest BCUT2D eigenvalue weighted by Gasteiger charge is -2.20. The molecule has 0 spiro atoms. The second kappa shape index (κ2) is 11.4. The lowest BCUT2D eigenvalue weighted by molar-refractivity contribution is -0.0288. The Morgan fingerprint density at radius 3 is 2.67 bits per heavy atom. The molecule has 226 valence electrons. The smallest absolute Gasteiger partial charge is 0.277 e. The fourth-order valence-electron chi connectivity index (χ4n) is 4.37. The van der Waals surface area contributed by atoms with Crippen LogP contribution in [0.5, 0.6) is 5.88 Å². The summed E-state index contributed by atoms with van der Waals surface area (Å²) in [6.07, 6.45) is -1.82. The molecule has 0 saturated heterocycles. The molecule has 9 nitrogen and oxygen atoms in total. The maximum absolute atomic E-state index is 14.7. The van der Waals surface area contributed by atoms with Crippen LogP contribution in [0.15, 0.2) is 53.6 Å². The van der Waals surface area contributed by atoms with Crippen LogP contribution in [0.2, 0.25) is 0 Å². The number of fused-ring (bicyclic) bond motifs is 2. The number of pyridine rings is 3. The van der Waals surface area contributed by atoms with Crippen LogP contribution < -0.4 is 10.1 Å². The van der Waals surface area contributed by atoms with E-state index in [9.17, 15) is 35.2 Å². The van der Waals surface area contributed by atoms with Gasteiger partial charge in [0.1, 0.15) is 5.82 Å². The topological polar surface area (TPSA) is 120 Å². The molecule has 0 unspecified atom stereocenters. The molecular weight excluding hydrogens is 599 g/mol. The largest absolute Gasteiger partial charge is 0.480 e. The van der Waals surface area contributed by atoms with Gasteiger partial charge in [0, 0.05) is 22.7 Å². The van der Waals surface area contributed by atoms with Crippen molar-refractivity contribution >= 4 is 26.6 Å². The summed E-state index contributed by atoms with van der Waals surface area (Å²) >= 11 is 0. The molecule has 1 amide bonds. The summed E-state index contributed by atoms with van der Waals surface area (Å²) in [7, 11) is -3.31. The number of hydrogen-bond acceptors (Lipinski definition) is 8. The van der Waals surface area contributed by atoms with Crippen molar-refractivity contribution in [2.75, 3.05) is 13.7 Å². The van der Waals surface area contributed by atoms with Gasteiger partial charge in [-0.3, -0.25) is 9.78 Å². The molecule has 1 aromatic carbocycles. The van der Waals surface area contributed by atoms with Crippen molar-refractivity contribution in [3.63, 3.8) is 0 Å². The SMILES string of the molecule is COc1nc([C@](C)(F)C(F)F)ccc1-c1ccc2cnc(CNC(=O)c3cc(F)c4c(c3)S(=O)(=O)[C@@H](F)COC4)cc2n1. The molecule has 2 atom stereocenters. The van der Waals surface area contributed by atoms with Gasteiger partial charge in [0.25, 0.3) is 12.3 Å². The lowest BCUT2D eigenvalue weighted by Crippen LogP contribution is -2.26. The molecule has 4 aromatic rings. The van der Waals surface area contributed by atoms with E-state index in [4.69, 9.17) is 9.47 Å². The van der Waals surface area contributed by atoms with E-state index >= 15 is 0 Å². The number of benzene rings is 1. The Balaban J connectivity index is 1.39. The van der Waals surface area contributed by atoms with Gasteiger partial charge in [0.2, 0.25) is 26.9 Å². The highest BCUT2D eigenvalue weighted by Gasteiger charge is 2.39. The van der Waals surface area contributed by atoms with Gasteiger partial charge in [-0.25, -0.2) is 40.3 Å². The van der Waals surface area contributed by atoms with Gasteiger partial charge in [-0.1, -0.05) is 0 Å². The lowest BCUT2D eigenvalue weighted by atomic mass is 10.0. The van der Waals surface area contributed by atoms with Crippen LogP contribution in [-0.2, 0) is 33.4 Å². The molecule has 1 N–H and O–H groups in total. The third-order valence-corrected chi connectivity index (χ3v) is 8.64. The second-order valence-corrected chi connectivity index (χ2v) is 11.8. The first-order chi connectivity index (χ1) is 20.3. The van der Waals surface area contributed by atoms with Gasteiger partial charge < -0.3 is 14.8 Å². The third kappa shape index (κ3) is 5.73. The monoisotopic (exact) mass is 622 g/mol. The molecule has 5 rings (SSSR count). The predicted octanol–water partition coefficient (Wildman–Crippen LogP) is 4.82. The van der Waals surface area contributed by atoms with E-state index in [1.807, 2.05) is 0 Å². The summed E-state index contributed by atoms with van der Waals surface area (Å²) in [4.78, 5) is 24.9. The third-order valence-electron chi connectivity index (χ3n) is 6.86. The van der Waals surface area contributed by atoms with Crippen LogP contribution in [-0.4, -0.2) is 54.9 Å². The Labute approximate surface area is 242 Å². The van der Waals surface area contributed by atoms with E-state index in [-0.39, 0.29) is 23.6 Å². The van der Waals surface area contributed by atoms with E-state index < -0.39 is 63.0 Å².